The zero-order valence-corrected chi connectivity index (χ0v) is 38.2. The van der Waals surface area contributed by atoms with Gasteiger partial charge in [-0.05, 0) is 70.6 Å². The first-order valence-electron chi connectivity index (χ1n) is 23.7. The smallest absolute Gasteiger partial charge is 0.362 e. The lowest BCUT2D eigenvalue weighted by Crippen LogP contribution is -2.50. The second-order valence-electron chi connectivity index (χ2n) is 17.0. The van der Waals surface area contributed by atoms with Gasteiger partial charge in [-0.25, -0.2) is 4.79 Å². The second-order valence-corrected chi connectivity index (χ2v) is 17.0. The maximum Gasteiger partial charge on any atom is 0.362 e. The quantitative estimate of drug-likeness (QED) is 0.0283. The van der Waals surface area contributed by atoms with E-state index in [2.05, 4.69) is 62.5 Å². The Kier molecular flexibility index (Phi) is 39.1. The van der Waals surface area contributed by atoms with Crippen LogP contribution in [-0.2, 0) is 28.6 Å². The normalized spacial score (nSPS) is 13.3. The number of unbranched alkanes of at least 4 members (excludes halogenated alkanes) is 20. The van der Waals surface area contributed by atoms with Crippen molar-refractivity contribution in [3.63, 3.8) is 0 Å². The van der Waals surface area contributed by atoms with Crippen LogP contribution in [0, 0.1) is 0 Å². The van der Waals surface area contributed by atoms with Crippen molar-refractivity contribution in [3.05, 3.63) is 48.6 Å². The number of rotatable bonds is 42. The van der Waals surface area contributed by atoms with Gasteiger partial charge in [-0.15, -0.1) is 0 Å². The molecule has 0 amide bonds. The van der Waals surface area contributed by atoms with Crippen LogP contribution in [0.5, 0.6) is 0 Å². The summed E-state index contributed by atoms with van der Waals surface area (Å²) in [5.41, 5.74) is 0. The second kappa shape index (κ2) is 41.0. The Bertz CT molecular complexity index is 1090. The van der Waals surface area contributed by atoms with Crippen LogP contribution in [0.3, 0.4) is 0 Å². The molecule has 0 saturated heterocycles. The number of carboxylic acids is 1. The third kappa shape index (κ3) is 38.8. The highest BCUT2D eigenvalue weighted by Gasteiger charge is 2.31. The molecular formula is C50H90NO7+. The molecule has 0 aliphatic carbocycles. The van der Waals surface area contributed by atoms with Crippen LogP contribution < -0.4 is 0 Å². The average Bonchev–Trinajstić information content (AvgIpc) is 3.18. The Morgan fingerprint density at radius 2 is 0.966 bits per heavy atom. The van der Waals surface area contributed by atoms with Crippen LogP contribution in [0.25, 0.3) is 0 Å². The molecule has 0 saturated carbocycles. The molecule has 2 unspecified atom stereocenters. The zero-order valence-electron chi connectivity index (χ0n) is 38.2. The summed E-state index contributed by atoms with van der Waals surface area (Å²) in [6, 6.07) is -0.616. The molecule has 0 aromatic heterocycles. The minimum absolute atomic E-state index is 0.0555. The van der Waals surface area contributed by atoms with Crippen LogP contribution in [0.15, 0.2) is 48.6 Å². The van der Waals surface area contributed by atoms with E-state index in [0.717, 1.165) is 64.2 Å². The molecule has 1 N–H and O–H groups in total. The number of hydrogen-bond donors (Lipinski definition) is 1. The fraction of sp³-hybridized carbons (Fsp3) is 0.780. The van der Waals surface area contributed by atoms with Gasteiger partial charge in [-0.2, -0.15) is 0 Å². The van der Waals surface area contributed by atoms with E-state index in [1.54, 1.807) is 0 Å². The van der Waals surface area contributed by atoms with E-state index in [-0.39, 0.29) is 36.2 Å². The van der Waals surface area contributed by atoms with Crippen LogP contribution in [-0.4, -0.2) is 80.6 Å². The highest BCUT2D eigenvalue weighted by atomic mass is 16.6. The molecule has 0 radical (unpaired) electrons. The third-order valence-electron chi connectivity index (χ3n) is 10.5. The maximum atomic E-state index is 12.7. The largest absolute Gasteiger partial charge is 0.477 e. The van der Waals surface area contributed by atoms with Crippen molar-refractivity contribution in [3.8, 4) is 0 Å². The molecule has 2 atom stereocenters. The number of quaternary nitrogens is 1. The standard InChI is InChI=1S/C50H89NO7/c1-6-8-10-12-14-16-18-20-22-23-24-25-27-28-30-32-34-36-38-40-48(52)57-45-46(44-56-43-42-47(50(54)55)51(3,4)5)58-49(53)41-39-37-35-33-31-29-26-21-19-17-15-13-11-9-7-2/h8,10,14,16-17,19-20,22,46-47H,6-7,9,11-13,15,18,21,23-45H2,1-5H3/p+1/b10-8+,16-14+,19-17+,22-20+. The van der Waals surface area contributed by atoms with Crippen molar-refractivity contribution in [2.45, 2.75) is 212 Å². The fourth-order valence-electron chi connectivity index (χ4n) is 6.81. The SMILES string of the molecule is CC/C=C/C/C=C/C/C=C/CCCCCCCCCCCC(=O)OCC(COCCC(C(=O)O)[N+](C)(C)C)OC(=O)CCCCCCCCC/C=C/CCCCCC. The van der Waals surface area contributed by atoms with E-state index < -0.39 is 18.1 Å². The maximum absolute atomic E-state index is 12.7. The summed E-state index contributed by atoms with van der Waals surface area (Å²) in [6.07, 6.45) is 48.6. The summed E-state index contributed by atoms with van der Waals surface area (Å²) in [7, 11) is 5.53. The molecule has 0 heterocycles. The van der Waals surface area contributed by atoms with Gasteiger partial charge >= 0.3 is 17.9 Å². The molecule has 58 heavy (non-hydrogen) atoms. The molecule has 336 valence electrons. The number of ether oxygens (including phenoxy) is 3. The Morgan fingerprint density at radius 1 is 0.534 bits per heavy atom. The Morgan fingerprint density at radius 3 is 1.45 bits per heavy atom. The van der Waals surface area contributed by atoms with E-state index in [9.17, 15) is 19.5 Å². The number of nitrogens with zero attached hydrogens (tertiary/aromatic N) is 1. The van der Waals surface area contributed by atoms with Crippen molar-refractivity contribution in [2.24, 2.45) is 0 Å². The van der Waals surface area contributed by atoms with Crippen LogP contribution >= 0.6 is 0 Å². The number of aliphatic carboxylic acids is 1. The van der Waals surface area contributed by atoms with E-state index >= 15 is 0 Å². The molecule has 0 rings (SSSR count). The minimum Gasteiger partial charge on any atom is -0.477 e. The lowest BCUT2D eigenvalue weighted by Gasteiger charge is -2.31. The summed E-state index contributed by atoms with van der Waals surface area (Å²) in [5, 5.41) is 9.63. The first kappa shape index (κ1) is 55.3. The number of carbonyl (C=O) groups is 3. The first-order valence-corrected chi connectivity index (χ1v) is 23.7. The summed E-state index contributed by atoms with van der Waals surface area (Å²) in [5.74, 6) is -1.48. The molecule has 8 heteroatoms. The van der Waals surface area contributed by atoms with E-state index in [4.69, 9.17) is 14.2 Å². The molecular weight excluding hydrogens is 727 g/mol. The Hall–Kier alpha value is -2.71. The number of likely N-dealkylation sites (N-methyl/N-ethyl adjacent to an activating group) is 1. The number of carboxylic acid groups (broad SMARTS) is 1. The van der Waals surface area contributed by atoms with Gasteiger partial charge in [0.05, 0.1) is 34.4 Å². The predicted octanol–water partition coefficient (Wildman–Crippen LogP) is 13.2. The van der Waals surface area contributed by atoms with Crippen LogP contribution in [0.1, 0.15) is 200 Å². The monoisotopic (exact) mass is 817 g/mol. The van der Waals surface area contributed by atoms with Crippen LogP contribution in [0.4, 0.5) is 0 Å². The van der Waals surface area contributed by atoms with Crippen LogP contribution in [0.2, 0.25) is 0 Å². The van der Waals surface area contributed by atoms with Gasteiger partial charge in [0, 0.05) is 19.3 Å². The molecule has 0 spiro atoms. The summed E-state index contributed by atoms with van der Waals surface area (Å²) in [6.45, 7) is 4.61. The number of carbonyl (C=O) groups excluding carboxylic acids is 2. The van der Waals surface area contributed by atoms with Crippen molar-refractivity contribution < 1.29 is 38.2 Å². The van der Waals surface area contributed by atoms with Crippen molar-refractivity contribution in [2.75, 3.05) is 41.0 Å². The van der Waals surface area contributed by atoms with E-state index in [1.807, 2.05) is 21.1 Å². The highest BCUT2D eigenvalue weighted by molar-refractivity contribution is 5.72. The van der Waals surface area contributed by atoms with E-state index in [1.165, 1.54) is 103 Å². The van der Waals surface area contributed by atoms with E-state index in [0.29, 0.717) is 19.3 Å². The van der Waals surface area contributed by atoms with Gasteiger partial charge in [0.15, 0.2) is 12.1 Å². The summed E-state index contributed by atoms with van der Waals surface area (Å²) in [4.78, 5) is 37.1. The molecule has 8 nitrogen and oxygen atoms in total. The van der Waals surface area contributed by atoms with Gasteiger partial charge in [-0.3, -0.25) is 9.59 Å². The molecule has 0 aliphatic heterocycles. The Balaban J connectivity index is 4.29. The van der Waals surface area contributed by atoms with Gasteiger partial charge in [0.2, 0.25) is 0 Å². The molecule has 0 aromatic carbocycles. The molecule has 0 aliphatic rings. The molecule has 0 fully saturated rings. The minimum atomic E-state index is -0.877. The summed E-state index contributed by atoms with van der Waals surface area (Å²) < 4.78 is 17.3. The lowest BCUT2D eigenvalue weighted by molar-refractivity contribution is -0.887. The number of esters is 2. The van der Waals surface area contributed by atoms with Gasteiger partial charge < -0.3 is 23.8 Å². The highest BCUT2D eigenvalue weighted by Crippen LogP contribution is 2.15. The lowest BCUT2D eigenvalue weighted by atomic mass is 10.1. The molecule has 0 bridgehead atoms. The topological polar surface area (TPSA) is 99.1 Å². The fourth-order valence-corrected chi connectivity index (χ4v) is 6.81. The van der Waals surface area contributed by atoms with Crippen molar-refractivity contribution in [1.82, 2.24) is 0 Å². The third-order valence-corrected chi connectivity index (χ3v) is 10.5. The molecule has 0 aromatic rings. The predicted molar refractivity (Wildman–Crippen MR) is 243 cm³/mol. The zero-order chi connectivity index (χ0) is 42.8. The first-order chi connectivity index (χ1) is 28.1. The van der Waals surface area contributed by atoms with Gasteiger partial charge in [0.1, 0.15) is 6.61 Å². The van der Waals surface area contributed by atoms with Crippen molar-refractivity contribution in [1.29, 1.82) is 0 Å². The van der Waals surface area contributed by atoms with Gasteiger partial charge in [-0.1, -0.05) is 159 Å². The van der Waals surface area contributed by atoms with Gasteiger partial charge in [0.25, 0.3) is 0 Å². The number of hydrogen-bond acceptors (Lipinski definition) is 6. The number of allylic oxidation sites excluding steroid dienone is 8. The summed E-state index contributed by atoms with van der Waals surface area (Å²) >= 11 is 0. The van der Waals surface area contributed by atoms with Crippen molar-refractivity contribution >= 4 is 17.9 Å². The Labute approximate surface area is 356 Å². The average molecular weight is 817 g/mol.